The highest BCUT2D eigenvalue weighted by Gasteiger charge is 2.21. The molecule has 0 bridgehead atoms. The van der Waals surface area contributed by atoms with Crippen LogP contribution in [0.4, 0.5) is 5.95 Å². The fourth-order valence-corrected chi connectivity index (χ4v) is 2.82. The van der Waals surface area contributed by atoms with Gasteiger partial charge in [-0.1, -0.05) is 6.92 Å². The van der Waals surface area contributed by atoms with Gasteiger partial charge in [0.25, 0.3) is 0 Å². The summed E-state index contributed by atoms with van der Waals surface area (Å²) >= 11 is 0. The molecule has 5 nitrogen and oxygen atoms in total. The molecule has 1 aliphatic rings. The Labute approximate surface area is 128 Å². The van der Waals surface area contributed by atoms with Gasteiger partial charge in [-0.15, -0.1) is 0 Å². The van der Waals surface area contributed by atoms with Crippen molar-refractivity contribution in [2.75, 3.05) is 44.2 Å². The molecule has 2 rings (SSSR count). The number of anilines is 1. The predicted molar refractivity (Wildman–Crippen MR) is 87.7 cm³/mol. The van der Waals surface area contributed by atoms with Crippen LogP contribution in [0.15, 0.2) is 18.5 Å². The Hall–Kier alpha value is -1.20. The third-order valence-electron chi connectivity index (χ3n) is 4.17. The number of hydrogen-bond acceptors (Lipinski definition) is 5. The van der Waals surface area contributed by atoms with Crippen molar-refractivity contribution in [3.63, 3.8) is 0 Å². The van der Waals surface area contributed by atoms with Crippen LogP contribution in [0.1, 0.15) is 33.1 Å². The third kappa shape index (κ3) is 5.25. The Morgan fingerprint density at radius 1 is 1.14 bits per heavy atom. The maximum Gasteiger partial charge on any atom is 0.225 e. The summed E-state index contributed by atoms with van der Waals surface area (Å²) in [6.45, 7) is 11.1. The second-order valence-electron chi connectivity index (χ2n) is 5.81. The second-order valence-corrected chi connectivity index (χ2v) is 5.81. The van der Waals surface area contributed by atoms with Gasteiger partial charge in [-0.2, -0.15) is 0 Å². The summed E-state index contributed by atoms with van der Waals surface area (Å²) < 4.78 is 0. The van der Waals surface area contributed by atoms with E-state index in [9.17, 15) is 0 Å². The molecule has 118 valence electrons. The summed E-state index contributed by atoms with van der Waals surface area (Å²) in [4.78, 5) is 13.6. The van der Waals surface area contributed by atoms with Gasteiger partial charge in [0.15, 0.2) is 0 Å². The Kier molecular flexibility index (Phi) is 6.89. The van der Waals surface area contributed by atoms with E-state index in [1.54, 1.807) is 0 Å². The fraction of sp³-hybridized carbons (Fsp3) is 0.750. The molecule has 0 radical (unpaired) electrons. The molecule has 1 aliphatic heterocycles. The molecule has 21 heavy (non-hydrogen) atoms. The zero-order chi connectivity index (χ0) is 14.9. The third-order valence-corrected chi connectivity index (χ3v) is 4.17. The van der Waals surface area contributed by atoms with E-state index in [4.69, 9.17) is 0 Å². The van der Waals surface area contributed by atoms with E-state index in [2.05, 4.69) is 38.9 Å². The van der Waals surface area contributed by atoms with E-state index in [0.717, 1.165) is 45.2 Å². The van der Waals surface area contributed by atoms with Gasteiger partial charge in [0.1, 0.15) is 0 Å². The molecule has 0 aliphatic carbocycles. The summed E-state index contributed by atoms with van der Waals surface area (Å²) in [5.74, 6) is 0.869. The van der Waals surface area contributed by atoms with Crippen LogP contribution in [0.3, 0.4) is 0 Å². The number of hydrogen-bond donors (Lipinski definition) is 1. The maximum absolute atomic E-state index is 4.34. The van der Waals surface area contributed by atoms with E-state index in [0.29, 0.717) is 6.04 Å². The first-order valence-electron chi connectivity index (χ1n) is 8.28. The van der Waals surface area contributed by atoms with Crippen LogP contribution < -0.4 is 10.2 Å². The molecular weight excluding hydrogens is 262 g/mol. The minimum absolute atomic E-state index is 0.673. The quantitative estimate of drug-likeness (QED) is 0.740. The molecule has 1 saturated heterocycles. The van der Waals surface area contributed by atoms with Crippen molar-refractivity contribution in [3.8, 4) is 0 Å². The first-order chi connectivity index (χ1) is 10.3. The number of rotatable bonds is 8. The molecule has 2 heterocycles. The highest BCUT2D eigenvalue weighted by atomic mass is 15.3. The zero-order valence-electron chi connectivity index (χ0n) is 13.5. The number of aromatic nitrogens is 2. The number of nitrogens with one attached hydrogen (secondary N) is 1. The fourth-order valence-electron chi connectivity index (χ4n) is 2.82. The molecule has 0 spiro atoms. The summed E-state index contributed by atoms with van der Waals surface area (Å²) in [7, 11) is 0. The maximum atomic E-state index is 4.34. The lowest BCUT2D eigenvalue weighted by Crippen LogP contribution is -2.50. The average molecular weight is 291 g/mol. The van der Waals surface area contributed by atoms with E-state index < -0.39 is 0 Å². The minimum atomic E-state index is 0.673. The topological polar surface area (TPSA) is 44.3 Å². The number of piperazine rings is 1. The number of nitrogens with zero attached hydrogens (tertiary/aromatic N) is 4. The van der Waals surface area contributed by atoms with Gasteiger partial charge in [-0.05, 0) is 45.3 Å². The Balaban J connectivity index is 1.66. The van der Waals surface area contributed by atoms with Crippen molar-refractivity contribution in [1.29, 1.82) is 0 Å². The smallest absolute Gasteiger partial charge is 0.225 e. The van der Waals surface area contributed by atoms with Gasteiger partial charge in [0.2, 0.25) is 5.95 Å². The molecule has 1 aromatic heterocycles. The minimum Gasteiger partial charge on any atom is -0.338 e. The molecular formula is C16H29N5. The lowest BCUT2D eigenvalue weighted by molar-refractivity contribution is 0.185. The highest BCUT2D eigenvalue weighted by molar-refractivity contribution is 5.29. The van der Waals surface area contributed by atoms with Crippen LogP contribution >= 0.6 is 0 Å². The van der Waals surface area contributed by atoms with Gasteiger partial charge in [-0.25, -0.2) is 9.97 Å². The summed E-state index contributed by atoms with van der Waals surface area (Å²) in [5.41, 5.74) is 0. The van der Waals surface area contributed by atoms with E-state index in [1.807, 2.05) is 18.5 Å². The lowest BCUT2D eigenvalue weighted by Gasteiger charge is -2.38. The largest absolute Gasteiger partial charge is 0.338 e. The van der Waals surface area contributed by atoms with Crippen LogP contribution in [0.2, 0.25) is 0 Å². The Morgan fingerprint density at radius 3 is 2.52 bits per heavy atom. The van der Waals surface area contributed by atoms with Crippen molar-refractivity contribution in [1.82, 2.24) is 20.2 Å². The van der Waals surface area contributed by atoms with Crippen molar-refractivity contribution in [2.45, 2.75) is 39.2 Å². The second kappa shape index (κ2) is 8.95. The van der Waals surface area contributed by atoms with Gasteiger partial charge in [0, 0.05) is 44.6 Å². The van der Waals surface area contributed by atoms with Crippen LogP contribution in [0.5, 0.6) is 0 Å². The Bertz CT molecular complexity index is 376. The normalized spacial score (nSPS) is 17.9. The highest BCUT2D eigenvalue weighted by Crippen LogP contribution is 2.13. The van der Waals surface area contributed by atoms with Gasteiger partial charge < -0.3 is 10.2 Å². The van der Waals surface area contributed by atoms with Crippen molar-refractivity contribution < 1.29 is 0 Å². The van der Waals surface area contributed by atoms with Crippen molar-refractivity contribution >= 4 is 5.95 Å². The lowest BCUT2D eigenvalue weighted by atomic mass is 10.1. The molecule has 0 amide bonds. The molecule has 1 fully saturated rings. The van der Waals surface area contributed by atoms with Crippen LogP contribution in [-0.2, 0) is 0 Å². The Morgan fingerprint density at radius 2 is 1.86 bits per heavy atom. The molecule has 1 aromatic rings. The monoisotopic (exact) mass is 291 g/mol. The average Bonchev–Trinajstić information content (AvgIpc) is 2.55. The van der Waals surface area contributed by atoms with Crippen molar-refractivity contribution in [3.05, 3.63) is 18.5 Å². The van der Waals surface area contributed by atoms with Gasteiger partial charge >= 0.3 is 0 Å². The summed E-state index contributed by atoms with van der Waals surface area (Å²) in [6, 6.07) is 2.54. The first-order valence-corrected chi connectivity index (χ1v) is 8.28. The standard InChI is InChI=1S/C16H29N5/c1-3-7-17-8-4-6-15(2)20-11-13-21(14-12-20)16-18-9-5-10-19-16/h5,9-10,15,17H,3-4,6-8,11-14H2,1-2H3. The van der Waals surface area contributed by atoms with Crippen LogP contribution in [0.25, 0.3) is 0 Å². The van der Waals surface area contributed by atoms with Crippen LogP contribution in [0, 0.1) is 0 Å². The molecule has 0 aromatic carbocycles. The summed E-state index contributed by atoms with van der Waals surface area (Å²) in [6.07, 6.45) is 7.40. The summed E-state index contributed by atoms with van der Waals surface area (Å²) in [5, 5.41) is 3.48. The first kappa shape index (κ1) is 16.2. The molecule has 1 atom stereocenters. The molecule has 5 heteroatoms. The molecule has 0 saturated carbocycles. The van der Waals surface area contributed by atoms with Gasteiger partial charge in [0.05, 0.1) is 0 Å². The SMILES string of the molecule is CCCNCCCC(C)N1CCN(c2ncccn2)CC1. The van der Waals surface area contributed by atoms with Crippen LogP contribution in [-0.4, -0.2) is 60.2 Å². The van der Waals surface area contributed by atoms with Gasteiger partial charge in [-0.3, -0.25) is 4.90 Å². The van der Waals surface area contributed by atoms with E-state index in [1.165, 1.54) is 19.3 Å². The molecule has 1 unspecified atom stereocenters. The predicted octanol–water partition coefficient (Wildman–Crippen LogP) is 1.77. The van der Waals surface area contributed by atoms with E-state index in [-0.39, 0.29) is 0 Å². The van der Waals surface area contributed by atoms with E-state index >= 15 is 0 Å². The molecule has 1 N–H and O–H groups in total. The van der Waals surface area contributed by atoms with Crippen molar-refractivity contribution in [2.24, 2.45) is 0 Å². The zero-order valence-corrected chi connectivity index (χ0v) is 13.5.